The lowest BCUT2D eigenvalue weighted by Gasteiger charge is -2.26. The van der Waals surface area contributed by atoms with Crippen LogP contribution in [0.5, 0.6) is 0 Å². The Balaban J connectivity index is 1.65. The second-order valence-electron chi connectivity index (χ2n) is 6.45. The Labute approximate surface area is 132 Å². The largest absolute Gasteiger partial charge is 0.305 e. The topological polar surface area (TPSA) is 24.9 Å². The molecule has 21 heavy (non-hydrogen) atoms. The van der Waals surface area contributed by atoms with Gasteiger partial charge in [-0.3, -0.25) is 0 Å². The maximum absolute atomic E-state index is 4.79. The Morgan fingerprint density at radius 3 is 2.52 bits per heavy atom. The molecule has 0 aliphatic heterocycles. The Morgan fingerprint density at radius 2 is 1.81 bits per heavy atom. The molecule has 1 saturated carbocycles. The number of para-hydroxylation sites is 1. The van der Waals surface area contributed by atoms with Gasteiger partial charge in [-0.25, -0.2) is 4.98 Å². The van der Waals surface area contributed by atoms with E-state index in [9.17, 15) is 0 Å². The van der Waals surface area contributed by atoms with Crippen LogP contribution < -0.4 is 5.32 Å². The molecule has 0 amide bonds. The zero-order valence-corrected chi connectivity index (χ0v) is 14.0. The zero-order chi connectivity index (χ0) is 14.7. The van der Waals surface area contributed by atoms with Crippen LogP contribution in [-0.4, -0.2) is 11.0 Å². The number of rotatable bonds is 4. The minimum absolute atomic E-state index is 0.348. The predicted octanol–water partition coefficient (Wildman–Crippen LogP) is 5.31. The fourth-order valence-corrected chi connectivity index (χ4v) is 4.47. The molecule has 3 heteroatoms. The summed E-state index contributed by atoms with van der Waals surface area (Å²) in [5.41, 5.74) is 1.13. The first-order valence-corrected chi connectivity index (χ1v) is 9.17. The summed E-state index contributed by atoms with van der Waals surface area (Å²) in [6.07, 6.45) is 8.45. The highest BCUT2D eigenvalue weighted by molar-refractivity contribution is 7.18. The van der Waals surface area contributed by atoms with Gasteiger partial charge in [0.05, 0.1) is 16.3 Å². The summed E-state index contributed by atoms with van der Waals surface area (Å²) < 4.78 is 1.29. The van der Waals surface area contributed by atoms with E-state index in [1.165, 1.54) is 48.2 Å². The summed E-state index contributed by atoms with van der Waals surface area (Å²) in [6.45, 7) is 4.62. The van der Waals surface area contributed by atoms with E-state index < -0.39 is 0 Å². The molecule has 0 spiro atoms. The number of fused-ring (bicyclic) bond motifs is 1. The van der Waals surface area contributed by atoms with Gasteiger partial charge in [-0.2, -0.15) is 0 Å². The van der Waals surface area contributed by atoms with Gasteiger partial charge in [0, 0.05) is 6.04 Å². The molecule has 2 nitrogen and oxygen atoms in total. The van der Waals surface area contributed by atoms with Gasteiger partial charge >= 0.3 is 0 Å². The van der Waals surface area contributed by atoms with Crippen LogP contribution >= 0.6 is 11.3 Å². The van der Waals surface area contributed by atoms with Crippen LogP contribution in [0.1, 0.15) is 63.4 Å². The molecule has 3 rings (SSSR count). The van der Waals surface area contributed by atoms with Gasteiger partial charge in [0.2, 0.25) is 0 Å². The monoisotopic (exact) mass is 302 g/mol. The molecule has 1 unspecified atom stereocenters. The van der Waals surface area contributed by atoms with Gasteiger partial charge in [0.25, 0.3) is 0 Å². The molecule has 0 saturated heterocycles. The molecule has 1 N–H and O–H groups in total. The van der Waals surface area contributed by atoms with Crippen LogP contribution in [0, 0.1) is 5.92 Å². The van der Waals surface area contributed by atoms with Crippen molar-refractivity contribution in [2.45, 2.75) is 64.5 Å². The second-order valence-corrected chi connectivity index (χ2v) is 7.51. The smallest absolute Gasteiger partial charge is 0.111 e. The van der Waals surface area contributed by atoms with E-state index in [1.54, 1.807) is 0 Å². The highest BCUT2D eigenvalue weighted by Gasteiger charge is 2.21. The van der Waals surface area contributed by atoms with Crippen LogP contribution in [0.4, 0.5) is 0 Å². The summed E-state index contributed by atoms with van der Waals surface area (Å²) in [6, 6.07) is 9.37. The lowest BCUT2D eigenvalue weighted by Crippen LogP contribution is -2.35. The van der Waals surface area contributed by atoms with E-state index in [-0.39, 0.29) is 0 Å². The van der Waals surface area contributed by atoms with E-state index >= 15 is 0 Å². The van der Waals surface area contributed by atoms with E-state index in [0.29, 0.717) is 12.1 Å². The summed E-state index contributed by atoms with van der Waals surface area (Å²) in [5.74, 6) is 0.837. The van der Waals surface area contributed by atoms with E-state index in [4.69, 9.17) is 4.98 Å². The number of aromatic nitrogens is 1. The van der Waals surface area contributed by atoms with Gasteiger partial charge in [0.1, 0.15) is 5.01 Å². The molecule has 1 aliphatic rings. The zero-order valence-electron chi connectivity index (χ0n) is 13.1. The van der Waals surface area contributed by atoms with Crippen molar-refractivity contribution in [3.8, 4) is 0 Å². The first kappa shape index (κ1) is 15.0. The third-order valence-electron chi connectivity index (χ3n) is 4.80. The highest BCUT2D eigenvalue weighted by atomic mass is 32.1. The normalized spacial score (nSPS) is 20.3. The predicted molar refractivity (Wildman–Crippen MR) is 91.8 cm³/mol. The molecule has 0 bridgehead atoms. The molecule has 1 fully saturated rings. The fraction of sp³-hybridized carbons (Fsp3) is 0.611. The van der Waals surface area contributed by atoms with E-state index in [0.717, 1.165) is 11.4 Å². The van der Waals surface area contributed by atoms with Gasteiger partial charge in [0.15, 0.2) is 0 Å². The number of benzene rings is 1. The van der Waals surface area contributed by atoms with Crippen LogP contribution in [-0.2, 0) is 0 Å². The summed E-state index contributed by atoms with van der Waals surface area (Å²) in [5, 5.41) is 5.02. The Hall–Kier alpha value is -0.930. The number of thiazole rings is 1. The average Bonchev–Trinajstić information content (AvgIpc) is 2.73. The van der Waals surface area contributed by atoms with Crippen LogP contribution in [0.15, 0.2) is 24.3 Å². The summed E-state index contributed by atoms with van der Waals surface area (Å²) in [4.78, 5) is 4.79. The second kappa shape index (κ2) is 6.89. The van der Waals surface area contributed by atoms with E-state index in [1.807, 2.05) is 11.3 Å². The van der Waals surface area contributed by atoms with Gasteiger partial charge in [-0.15, -0.1) is 11.3 Å². The standard InChI is InChI=1S/C18H26N2S/c1-13(15-9-5-3-4-6-10-15)19-14(2)18-20-16-11-7-8-12-17(16)21-18/h7-8,11-15,19H,3-6,9-10H2,1-2H3/t13-,14?/m1/s1. The quantitative estimate of drug-likeness (QED) is 0.775. The molecular weight excluding hydrogens is 276 g/mol. The number of nitrogens with one attached hydrogen (secondary N) is 1. The molecule has 1 aromatic carbocycles. The van der Waals surface area contributed by atoms with Gasteiger partial charge in [-0.05, 0) is 44.7 Å². The van der Waals surface area contributed by atoms with Crippen molar-refractivity contribution >= 4 is 21.6 Å². The van der Waals surface area contributed by atoms with Crippen molar-refractivity contribution < 1.29 is 0 Å². The molecule has 0 radical (unpaired) electrons. The average molecular weight is 302 g/mol. The Kier molecular flexibility index (Phi) is 4.91. The van der Waals surface area contributed by atoms with Crippen LogP contribution in [0.3, 0.4) is 0 Å². The molecule has 1 aliphatic carbocycles. The van der Waals surface area contributed by atoms with Crippen molar-refractivity contribution in [2.75, 3.05) is 0 Å². The maximum Gasteiger partial charge on any atom is 0.111 e. The third kappa shape index (κ3) is 3.64. The lowest BCUT2D eigenvalue weighted by molar-refractivity contribution is 0.316. The van der Waals surface area contributed by atoms with Crippen molar-refractivity contribution in [1.82, 2.24) is 10.3 Å². The number of hydrogen-bond donors (Lipinski definition) is 1. The number of nitrogens with zero attached hydrogens (tertiary/aromatic N) is 1. The fourth-order valence-electron chi connectivity index (χ4n) is 3.49. The van der Waals surface area contributed by atoms with Gasteiger partial charge < -0.3 is 5.32 Å². The van der Waals surface area contributed by atoms with Crippen LogP contribution in [0.25, 0.3) is 10.2 Å². The SMILES string of the molecule is CC(N[C@H](C)C1CCCCCC1)c1nc2ccccc2s1. The molecule has 1 aromatic heterocycles. The van der Waals surface area contributed by atoms with Crippen LogP contribution in [0.2, 0.25) is 0 Å². The van der Waals surface area contributed by atoms with Gasteiger partial charge in [-0.1, -0.05) is 37.8 Å². The minimum atomic E-state index is 0.348. The van der Waals surface area contributed by atoms with E-state index in [2.05, 4.69) is 43.4 Å². The summed E-state index contributed by atoms with van der Waals surface area (Å²) >= 11 is 1.82. The first-order valence-electron chi connectivity index (χ1n) is 8.35. The summed E-state index contributed by atoms with van der Waals surface area (Å²) in [7, 11) is 0. The Morgan fingerprint density at radius 1 is 1.10 bits per heavy atom. The maximum atomic E-state index is 4.79. The first-order chi connectivity index (χ1) is 10.2. The molecule has 2 atom stereocenters. The Bertz CT molecular complexity index is 536. The highest BCUT2D eigenvalue weighted by Crippen LogP contribution is 2.29. The van der Waals surface area contributed by atoms with Crippen molar-refractivity contribution in [2.24, 2.45) is 5.92 Å². The molecule has 1 heterocycles. The van der Waals surface area contributed by atoms with Crippen molar-refractivity contribution in [1.29, 1.82) is 0 Å². The third-order valence-corrected chi connectivity index (χ3v) is 6.02. The minimum Gasteiger partial charge on any atom is -0.305 e. The molecule has 114 valence electrons. The van der Waals surface area contributed by atoms with Crippen molar-refractivity contribution in [3.05, 3.63) is 29.3 Å². The molecule has 2 aromatic rings. The van der Waals surface area contributed by atoms with Crippen molar-refractivity contribution in [3.63, 3.8) is 0 Å². The number of hydrogen-bond acceptors (Lipinski definition) is 3. The molecular formula is C18H26N2S. The lowest BCUT2D eigenvalue weighted by atomic mass is 9.92.